The maximum Gasteiger partial charge on any atom is 0.238 e. The highest BCUT2D eigenvalue weighted by Gasteiger charge is 2.22. The van der Waals surface area contributed by atoms with Gasteiger partial charge in [-0.25, -0.2) is 9.97 Å². The molecular weight excluding hydrogens is 661 g/mol. The van der Waals surface area contributed by atoms with Crippen LogP contribution >= 0.6 is 0 Å². The summed E-state index contributed by atoms with van der Waals surface area (Å²) in [4.78, 5) is 20.8. The zero-order valence-corrected chi connectivity index (χ0v) is 29.0. The molecule has 0 N–H and O–H groups in total. The first kappa shape index (κ1) is 30.2. The molecule has 3 aromatic heterocycles. The van der Waals surface area contributed by atoms with Gasteiger partial charge in [-0.3, -0.25) is 9.13 Å². The smallest absolute Gasteiger partial charge is 0.238 e. The minimum atomic E-state index is 0.569. The summed E-state index contributed by atoms with van der Waals surface area (Å²) in [5.41, 5.74) is 8.08. The Kier molecular flexibility index (Phi) is 6.75. The van der Waals surface area contributed by atoms with Crippen molar-refractivity contribution in [3.63, 3.8) is 0 Å². The first-order valence-electron chi connectivity index (χ1n) is 18.1. The van der Waals surface area contributed by atoms with Gasteiger partial charge in [-0.05, 0) is 35.0 Å². The highest BCUT2D eigenvalue weighted by atomic mass is 15.2. The van der Waals surface area contributed by atoms with Crippen molar-refractivity contribution in [1.82, 2.24) is 29.1 Å². The average Bonchev–Trinajstić information content (AvgIpc) is 3.81. The van der Waals surface area contributed by atoms with Gasteiger partial charge in [-0.15, -0.1) is 0 Å². The van der Waals surface area contributed by atoms with Gasteiger partial charge in [0.2, 0.25) is 5.95 Å². The molecule has 0 spiro atoms. The van der Waals surface area contributed by atoms with Crippen molar-refractivity contribution in [2.24, 2.45) is 0 Å². The zero-order valence-electron chi connectivity index (χ0n) is 29.0. The van der Waals surface area contributed by atoms with E-state index in [0.717, 1.165) is 82.6 Å². The standard InChI is InChI=1S/C48H30N6/c1-5-15-32(16-6-1)45-50-46(33-17-7-2-8-18-33)52-48(51-45)54-40-24-14-13-23-36(40)38-29-28-37-39(44(38)54)27-25-31-26-30-41-43(42(31)37)49-47(34-19-9-3-10-20-34)53(41)35-21-11-4-12-22-35/h1-30H. The summed E-state index contributed by atoms with van der Waals surface area (Å²) in [7, 11) is 0. The van der Waals surface area contributed by atoms with Crippen LogP contribution in [0.25, 0.3) is 100 Å². The van der Waals surface area contributed by atoms with Crippen LogP contribution in [0.4, 0.5) is 0 Å². The Morgan fingerprint density at radius 3 is 1.57 bits per heavy atom. The SMILES string of the molecule is c1ccc(-c2nc(-c3ccccc3)nc(-n3c4ccccc4c4ccc5c(ccc6ccc7c(nc(-c8ccccc8)n7-c7ccccc7)c65)c43)n2)cc1. The van der Waals surface area contributed by atoms with E-state index < -0.39 is 0 Å². The molecule has 0 fully saturated rings. The van der Waals surface area contributed by atoms with Crippen LogP contribution in [0.15, 0.2) is 182 Å². The van der Waals surface area contributed by atoms with Crippen LogP contribution in [-0.2, 0) is 0 Å². The molecule has 0 saturated carbocycles. The predicted molar refractivity (Wildman–Crippen MR) is 220 cm³/mol. The minimum Gasteiger partial charge on any atom is -0.292 e. The van der Waals surface area contributed by atoms with Gasteiger partial charge in [-0.1, -0.05) is 158 Å². The lowest BCUT2D eigenvalue weighted by molar-refractivity contribution is 0.955. The van der Waals surface area contributed by atoms with Crippen molar-refractivity contribution in [2.45, 2.75) is 0 Å². The molecule has 252 valence electrons. The van der Waals surface area contributed by atoms with Gasteiger partial charge < -0.3 is 0 Å². The van der Waals surface area contributed by atoms with E-state index in [1.54, 1.807) is 0 Å². The van der Waals surface area contributed by atoms with E-state index in [9.17, 15) is 0 Å². The van der Waals surface area contributed by atoms with Crippen molar-refractivity contribution < 1.29 is 0 Å². The van der Waals surface area contributed by atoms with Gasteiger partial charge in [0.1, 0.15) is 5.82 Å². The molecule has 8 aromatic carbocycles. The third-order valence-corrected chi connectivity index (χ3v) is 10.4. The van der Waals surface area contributed by atoms with E-state index in [2.05, 4.69) is 124 Å². The summed E-state index contributed by atoms with van der Waals surface area (Å²) in [6, 6.07) is 63.1. The van der Waals surface area contributed by atoms with Crippen LogP contribution < -0.4 is 0 Å². The highest BCUT2D eigenvalue weighted by Crippen LogP contribution is 2.41. The summed E-state index contributed by atoms with van der Waals surface area (Å²) in [6.07, 6.45) is 0. The lowest BCUT2D eigenvalue weighted by Crippen LogP contribution is -2.06. The van der Waals surface area contributed by atoms with E-state index in [0.29, 0.717) is 17.6 Å². The fraction of sp³-hybridized carbons (Fsp3) is 0. The monoisotopic (exact) mass is 690 g/mol. The molecule has 0 aliphatic heterocycles. The Hall–Kier alpha value is -7.44. The predicted octanol–water partition coefficient (Wildman–Crippen LogP) is 11.6. The Morgan fingerprint density at radius 2 is 0.889 bits per heavy atom. The van der Waals surface area contributed by atoms with Crippen LogP contribution in [0.5, 0.6) is 0 Å². The highest BCUT2D eigenvalue weighted by molar-refractivity contribution is 6.26. The van der Waals surface area contributed by atoms with Gasteiger partial charge in [-0.2, -0.15) is 9.97 Å². The second kappa shape index (κ2) is 12.1. The van der Waals surface area contributed by atoms with Gasteiger partial charge in [0.25, 0.3) is 0 Å². The Morgan fingerprint density at radius 1 is 0.352 bits per heavy atom. The molecular formula is C48H30N6. The molecule has 0 unspecified atom stereocenters. The molecule has 3 heterocycles. The second-order valence-electron chi connectivity index (χ2n) is 13.5. The lowest BCUT2D eigenvalue weighted by atomic mass is 9.98. The third-order valence-electron chi connectivity index (χ3n) is 10.4. The molecule has 0 atom stereocenters. The molecule has 6 nitrogen and oxygen atoms in total. The number of hydrogen-bond acceptors (Lipinski definition) is 4. The maximum atomic E-state index is 5.45. The number of imidazole rings is 1. The lowest BCUT2D eigenvalue weighted by Gasteiger charge is -2.13. The molecule has 0 aliphatic rings. The number of para-hydroxylation sites is 2. The Balaban J connectivity index is 1.25. The van der Waals surface area contributed by atoms with E-state index in [-0.39, 0.29) is 0 Å². The molecule has 0 radical (unpaired) electrons. The molecule has 0 bridgehead atoms. The number of benzene rings is 8. The van der Waals surface area contributed by atoms with Crippen LogP contribution in [0, 0.1) is 0 Å². The molecule has 6 heteroatoms. The van der Waals surface area contributed by atoms with Crippen molar-refractivity contribution in [3.05, 3.63) is 182 Å². The van der Waals surface area contributed by atoms with E-state index >= 15 is 0 Å². The Labute approximate surface area is 310 Å². The quantitative estimate of drug-likeness (QED) is 0.169. The number of hydrogen-bond donors (Lipinski definition) is 0. The molecule has 11 aromatic rings. The minimum absolute atomic E-state index is 0.569. The van der Waals surface area contributed by atoms with Crippen molar-refractivity contribution >= 4 is 54.4 Å². The third kappa shape index (κ3) is 4.67. The van der Waals surface area contributed by atoms with Crippen LogP contribution in [-0.4, -0.2) is 29.1 Å². The van der Waals surface area contributed by atoms with Gasteiger partial charge >= 0.3 is 0 Å². The normalized spacial score (nSPS) is 11.7. The van der Waals surface area contributed by atoms with E-state index in [1.807, 2.05) is 66.7 Å². The maximum absolute atomic E-state index is 5.45. The Bertz CT molecular complexity index is 3130. The number of fused-ring (bicyclic) bond motifs is 9. The topological polar surface area (TPSA) is 61.4 Å². The number of nitrogens with zero attached hydrogens (tertiary/aromatic N) is 6. The summed E-state index contributed by atoms with van der Waals surface area (Å²) < 4.78 is 4.50. The van der Waals surface area contributed by atoms with Gasteiger partial charge in [0, 0.05) is 43.9 Å². The number of rotatable bonds is 5. The molecule has 0 saturated heterocycles. The number of aromatic nitrogens is 6. The summed E-state index contributed by atoms with van der Waals surface area (Å²) in [5, 5.41) is 6.73. The first-order chi connectivity index (χ1) is 26.8. The van der Waals surface area contributed by atoms with E-state index in [4.69, 9.17) is 19.9 Å². The zero-order chi connectivity index (χ0) is 35.6. The largest absolute Gasteiger partial charge is 0.292 e. The first-order valence-corrected chi connectivity index (χ1v) is 18.1. The average molecular weight is 691 g/mol. The summed E-state index contributed by atoms with van der Waals surface area (Å²) in [5.74, 6) is 2.72. The van der Waals surface area contributed by atoms with Crippen molar-refractivity contribution in [2.75, 3.05) is 0 Å². The molecule has 0 amide bonds. The fourth-order valence-corrected chi connectivity index (χ4v) is 7.95. The molecule has 0 aliphatic carbocycles. The van der Waals surface area contributed by atoms with E-state index in [1.165, 1.54) is 0 Å². The van der Waals surface area contributed by atoms with Crippen molar-refractivity contribution in [3.8, 4) is 45.8 Å². The van der Waals surface area contributed by atoms with Crippen LogP contribution in [0.2, 0.25) is 0 Å². The van der Waals surface area contributed by atoms with Crippen LogP contribution in [0.3, 0.4) is 0 Å². The molecule has 54 heavy (non-hydrogen) atoms. The van der Waals surface area contributed by atoms with Crippen LogP contribution in [0.1, 0.15) is 0 Å². The van der Waals surface area contributed by atoms with Gasteiger partial charge in [0.15, 0.2) is 11.6 Å². The van der Waals surface area contributed by atoms with Gasteiger partial charge in [0.05, 0.1) is 22.1 Å². The second-order valence-corrected chi connectivity index (χ2v) is 13.5. The summed E-state index contributed by atoms with van der Waals surface area (Å²) in [6.45, 7) is 0. The summed E-state index contributed by atoms with van der Waals surface area (Å²) >= 11 is 0. The van der Waals surface area contributed by atoms with Crippen molar-refractivity contribution in [1.29, 1.82) is 0 Å². The molecule has 11 rings (SSSR count). The fourth-order valence-electron chi connectivity index (χ4n) is 7.95.